The van der Waals surface area contributed by atoms with Crippen LogP contribution in [0.2, 0.25) is 0 Å². The highest BCUT2D eigenvalue weighted by Crippen LogP contribution is 2.20. The molecule has 1 N–H and O–H groups in total. The molecule has 0 amide bonds. The highest BCUT2D eigenvalue weighted by Gasteiger charge is 2.17. The van der Waals surface area contributed by atoms with E-state index in [1.807, 2.05) is 4.90 Å². The molecule has 0 spiro atoms. The highest BCUT2D eigenvalue weighted by atomic mass is 19.1. The Labute approximate surface area is 104 Å². The van der Waals surface area contributed by atoms with E-state index in [9.17, 15) is 4.39 Å². The van der Waals surface area contributed by atoms with E-state index in [1.165, 1.54) is 12.1 Å². The fourth-order valence-corrected chi connectivity index (χ4v) is 1.92. The predicted octanol–water partition coefficient (Wildman–Crippen LogP) is 1.29. The maximum Gasteiger partial charge on any atom is 0.324 e. The second kappa shape index (κ2) is 4.73. The van der Waals surface area contributed by atoms with Gasteiger partial charge in [0, 0.05) is 31.7 Å². The van der Waals surface area contributed by atoms with Gasteiger partial charge in [-0.15, -0.1) is 0 Å². The number of hydrogen-bond donors (Lipinski definition) is 1. The van der Waals surface area contributed by atoms with E-state index in [4.69, 9.17) is 4.52 Å². The molecule has 0 radical (unpaired) electrons. The number of piperazine rings is 1. The first-order valence-electron chi connectivity index (χ1n) is 5.88. The maximum atomic E-state index is 12.8. The molecule has 1 aromatic carbocycles. The Hall–Kier alpha value is -1.95. The van der Waals surface area contributed by atoms with Crippen LogP contribution in [-0.4, -0.2) is 36.3 Å². The Kier molecular flexibility index (Phi) is 2.93. The van der Waals surface area contributed by atoms with Crippen molar-refractivity contribution in [3.05, 3.63) is 30.1 Å². The summed E-state index contributed by atoms with van der Waals surface area (Å²) in [5.74, 6) is 0.216. The molecule has 1 saturated heterocycles. The van der Waals surface area contributed by atoms with Gasteiger partial charge in [0.15, 0.2) is 0 Å². The summed E-state index contributed by atoms with van der Waals surface area (Å²) in [6, 6.07) is 6.58. The lowest BCUT2D eigenvalue weighted by Gasteiger charge is -2.24. The summed E-state index contributed by atoms with van der Waals surface area (Å²) in [6.45, 7) is 3.53. The van der Waals surface area contributed by atoms with Gasteiger partial charge >= 0.3 is 6.01 Å². The van der Waals surface area contributed by atoms with Gasteiger partial charge in [-0.2, -0.15) is 4.98 Å². The molecule has 1 aliphatic heterocycles. The van der Waals surface area contributed by atoms with Crippen LogP contribution in [0.1, 0.15) is 0 Å². The van der Waals surface area contributed by atoms with Gasteiger partial charge in [0.05, 0.1) is 0 Å². The number of halogens is 1. The molecule has 2 heterocycles. The Bertz CT molecular complexity index is 519. The third-order valence-electron chi connectivity index (χ3n) is 2.91. The number of aromatic nitrogens is 2. The molecule has 0 bridgehead atoms. The second-order valence-electron chi connectivity index (χ2n) is 4.14. The van der Waals surface area contributed by atoms with Crippen molar-refractivity contribution in [2.75, 3.05) is 31.1 Å². The van der Waals surface area contributed by atoms with Crippen molar-refractivity contribution in [1.82, 2.24) is 15.5 Å². The van der Waals surface area contributed by atoms with Gasteiger partial charge in [-0.05, 0) is 24.3 Å². The molecule has 0 unspecified atom stereocenters. The number of nitrogens with one attached hydrogen (secondary N) is 1. The predicted molar refractivity (Wildman–Crippen MR) is 64.8 cm³/mol. The Morgan fingerprint density at radius 1 is 1.17 bits per heavy atom. The van der Waals surface area contributed by atoms with Gasteiger partial charge in [0.1, 0.15) is 5.82 Å². The molecular weight excluding hydrogens is 235 g/mol. The van der Waals surface area contributed by atoms with Crippen molar-refractivity contribution >= 4 is 6.01 Å². The normalized spacial score (nSPS) is 15.9. The van der Waals surface area contributed by atoms with Gasteiger partial charge in [0.25, 0.3) is 0 Å². The summed E-state index contributed by atoms with van der Waals surface area (Å²) in [5.41, 5.74) is 0.751. The van der Waals surface area contributed by atoms with Gasteiger partial charge in [-0.25, -0.2) is 4.39 Å². The first-order chi connectivity index (χ1) is 8.83. The van der Waals surface area contributed by atoms with E-state index < -0.39 is 0 Å². The lowest BCUT2D eigenvalue weighted by molar-refractivity contribution is 0.405. The maximum absolute atomic E-state index is 12.8. The van der Waals surface area contributed by atoms with Crippen molar-refractivity contribution in [3.63, 3.8) is 0 Å². The smallest absolute Gasteiger partial charge is 0.322 e. The van der Waals surface area contributed by atoms with Crippen LogP contribution in [0, 0.1) is 5.82 Å². The zero-order valence-corrected chi connectivity index (χ0v) is 9.77. The van der Waals surface area contributed by atoms with Crippen molar-refractivity contribution in [2.45, 2.75) is 0 Å². The van der Waals surface area contributed by atoms with Gasteiger partial charge in [-0.3, -0.25) is 0 Å². The molecule has 1 aromatic heterocycles. The molecule has 0 aliphatic carbocycles. The minimum Gasteiger partial charge on any atom is -0.322 e. The average Bonchev–Trinajstić information content (AvgIpc) is 2.90. The molecule has 5 nitrogen and oxygen atoms in total. The minimum atomic E-state index is -0.274. The molecule has 6 heteroatoms. The van der Waals surface area contributed by atoms with Crippen LogP contribution in [0.3, 0.4) is 0 Å². The third kappa shape index (κ3) is 2.19. The summed E-state index contributed by atoms with van der Waals surface area (Å²) in [4.78, 5) is 6.37. The largest absolute Gasteiger partial charge is 0.324 e. The average molecular weight is 248 g/mol. The first-order valence-corrected chi connectivity index (χ1v) is 5.88. The minimum absolute atomic E-state index is 0.274. The highest BCUT2D eigenvalue weighted by molar-refractivity contribution is 5.55. The molecule has 1 aliphatic rings. The van der Waals surface area contributed by atoms with Crippen LogP contribution < -0.4 is 10.2 Å². The zero-order valence-electron chi connectivity index (χ0n) is 9.77. The fourth-order valence-electron chi connectivity index (χ4n) is 1.92. The van der Waals surface area contributed by atoms with E-state index in [0.717, 1.165) is 31.7 Å². The van der Waals surface area contributed by atoms with Gasteiger partial charge < -0.3 is 14.7 Å². The van der Waals surface area contributed by atoms with Crippen LogP contribution >= 0.6 is 0 Å². The molecule has 2 aromatic rings. The number of rotatable bonds is 2. The fraction of sp³-hybridized carbons (Fsp3) is 0.333. The third-order valence-corrected chi connectivity index (χ3v) is 2.91. The summed E-state index contributed by atoms with van der Waals surface area (Å²) >= 11 is 0. The van der Waals surface area contributed by atoms with E-state index in [2.05, 4.69) is 15.5 Å². The van der Waals surface area contributed by atoms with E-state index >= 15 is 0 Å². The van der Waals surface area contributed by atoms with E-state index in [1.54, 1.807) is 12.1 Å². The number of nitrogens with zero attached hydrogens (tertiary/aromatic N) is 3. The molecule has 94 valence electrons. The first kappa shape index (κ1) is 11.2. The van der Waals surface area contributed by atoms with Crippen molar-refractivity contribution in [3.8, 4) is 11.4 Å². The standard InChI is InChI=1S/C12H13FN4O/c13-10-3-1-9(2-4-10)11-15-12(18-16-11)17-7-5-14-6-8-17/h1-4,14H,5-8H2. The lowest BCUT2D eigenvalue weighted by atomic mass is 10.2. The van der Waals surface area contributed by atoms with Gasteiger partial charge in [-0.1, -0.05) is 5.16 Å². The Balaban J connectivity index is 1.82. The van der Waals surface area contributed by atoms with Crippen LogP contribution in [0.5, 0.6) is 0 Å². The van der Waals surface area contributed by atoms with Crippen LogP contribution in [0.25, 0.3) is 11.4 Å². The molecule has 1 fully saturated rings. The van der Waals surface area contributed by atoms with E-state index in [-0.39, 0.29) is 5.82 Å². The molecule has 3 rings (SSSR count). The van der Waals surface area contributed by atoms with Crippen molar-refractivity contribution in [2.24, 2.45) is 0 Å². The topological polar surface area (TPSA) is 54.2 Å². The quantitative estimate of drug-likeness (QED) is 0.867. The Morgan fingerprint density at radius 2 is 1.89 bits per heavy atom. The van der Waals surface area contributed by atoms with Crippen LogP contribution in [0.15, 0.2) is 28.8 Å². The second-order valence-corrected chi connectivity index (χ2v) is 4.14. The van der Waals surface area contributed by atoms with E-state index in [0.29, 0.717) is 11.8 Å². The zero-order chi connectivity index (χ0) is 12.4. The van der Waals surface area contributed by atoms with Crippen molar-refractivity contribution < 1.29 is 8.91 Å². The summed E-state index contributed by atoms with van der Waals surface area (Å²) in [6.07, 6.45) is 0. The molecular formula is C12H13FN4O. The van der Waals surface area contributed by atoms with Crippen LogP contribution in [0.4, 0.5) is 10.4 Å². The summed E-state index contributed by atoms with van der Waals surface area (Å²) < 4.78 is 18.1. The van der Waals surface area contributed by atoms with Gasteiger partial charge in [0.2, 0.25) is 5.82 Å². The number of anilines is 1. The summed E-state index contributed by atoms with van der Waals surface area (Å²) in [7, 11) is 0. The number of benzene rings is 1. The number of hydrogen-bond acceptors (Lipinski definition) is 5. The lowest BCUT2D eigenvalue weighted by Crippen LogP contribution is -2.43. The molecule has 0 atom stereocenters. The summed E-state index contributed by atoms with van der Waals surface area (Å²) in [5, 5.41) is 7.18. The Morgan fingerprint density at radius 3 is 2.61 bits per heavy atom. The molecule has 18 heavy (non-hydrogen) atoms. The van der Waals surface area contributed by atoms with Crippen molar-refractivity contribution in [1.29, 1.82) is 0 Å². The monoisotopic (exact) mass is 248 g/mol. The van der Waals surface area contributed by atoms with Crippen LogP contribution in [-0.2, 0) is 0 Å². The SMILES string of the molecule is Fc1ccc(-c2noc(N3CCNCC3)n2)cc1. The molecule has 0 saturated carbocycles.